The molecule has 0 fully saturated rings. The Morgan fingerprint density at radius 3 is 2.56 bits per heavy atom. The maximum absolute atomic E-state index is 5.60. The Bertz CT molecular complexity index is 491. The van der Waals surface area contributed by atoms with E-state index in [0.717, 1.165) is 28.7 Å². The van der Waals surface area contributed by atoms with E-state index in [1.54, 1.807) is 11.3 Å². The molecular formula is C14H18N2OS. The number of hydrogen-bond acceptors (Lipinski definition) is 4. The number of nitrogens with one attached hydrogen (secondary N) is 1. The van der Waals surface area contributed by atoms with E-state index in [9.17, 15) is 0 Å². The maximum Gasteiger partial charge on any atom is 0.119 e. The smallest absolute Gasteiger partial charge is 0.119 e. The zero-order chi connectivity index (χ0) is 13.0. The van der Waals surface area contributed by atoms with Crippen LogP contribution >= 0.6 is 11.3 Å². The molecule has 0 spiro atoms. The summed E-state index contributed by atoms with van der Waals surface area (Å²) in [7, 11) is 0. The van der Waals surface area contributed by atoms with E-state index in [1.807, 2.05) is 45.0 Å². The molecule has 0 aliphatic rings. The SMILES string of the molecule is Cc1csc(CNc2ccc(OC(C)C)cc2)n1. The molecule has 4 heteroatoms. The molecule has 1 aromatic carbocycles. The van der Waals surface area contributed by atoms with Crippen LogP contribution in [0, 0.1) is 6.92 Å². The predicted molar refractivity (Wildman–Crippen MR) is 76.4 cm³/mol. The lowest BCUT2D eigenvalue weighted by atomic mass is 10.3. The van der Waals surface area contributed by atoms with E-state index < -0.39 is 0 Å². The topological polar surface area (TPSA) is 34.1 Å². The molecule has 2 rings (SSSR count). The largest absolute Gasteiger partial charge is 0.491 e. The summed E-state index contributed by atoms with van der Waals surface area (Å²) in [6.45, 7) is 6.83. The Morgan fingerprint density at radius 1 is 1.28 bits per heavy atom. The Balaban J connectivity index is 1.90. The summed E-state index contributed by atoms with van der Waals surface area (Å²) in [5, 5.41) is 6.52. The molecule has 2 aromatic rings. The molecule has 0 saturated heterocycles. The van der Waals surface area contributed by atoms with Gasteiger partial charge in [-0.05, 0) is 45.0 Å². The fourth-order valence-electron chi connectivity index (χ4n) is 1.59. The number of benzene rings is 1. The van der Waals surface area contributed by atoms with Crippen molar-refractivity contribution in [1.82, 2.24) is 4.98 Å². The maximum atomic E-state index is 5.60. The first-order chi connectivity index (χ1) is 8.63. The van der Waals surface area contributed by atoms with Crippen LogP contribution in [0.3, 0.4) is 0 Å². The summed E-state index contributed by atoms with van der Waals surface area (Å²) < 4.78 is 5.60. The number of thiazole rings is 1. The first kappa shape index (κ1) is 12.9. The highest BCUT2D eigenvalue weighted by atomic mass is 32.1. The van der Waals surface area contributed by atoms with Gasteiger partial charge in [-0.2, -0.15) is 0 Å². The van der Waals surface area contributed by atoms with E-state index in [0.29, 0.717) is 0 Å². The average molecular weight is 262 g/mol. The number of ether oxygens (including phenoxy) is 1. The number of anilines is 1. The second-order valence-corrected chi connectivity index (χ2v) is 5.37. The molecule has 1 heterocycles. The van der Waals surface area contributed by atoms with Gasteiger partial charge in [0.1, 0.15) is 10.8 Å². The van der Waals surface area contributed by atoms with E-state index >= 15 is 0 Å². The van der Waals surface area contributed by atoms with Crippen LogP contribution < -0.4 is 10.1 Å². The minimum Gasteiger partial charge on any atom is -0.491 e. The summed E-state index contributed by atoms with van der Waals surface area (Å²) >= 11 is 1.68. The van der Waals surface area contributed by atoms with Crippen molar-refractivity contribution in [3.8, 4) is 5.75 Å². The summed E-state index contributed by atoms with van der Waals surface area (Å²) in [6, 6.07) is 8.02. The highest BCUT2D eigenvalue weighted by molar-refractivity contribution is 7.09. The van der Waals surface area contributed by atoms with Crippen LogP contribution in [-0.4, -0.2) is 11.1 Å². The molecule has 18 heavy (non-hydrogen) atoms. The van der Waals surface area contributed by atoms with Gasteiger partial charge in [0, 0.05) is 16.8 Å². The lowest BCUT2D eigenvalue weighted by Gasteiger charge is -2.10. The minimum atomic E-state index is 0.210. The molecule has 0 atom stereocenters. The number of nitrogens with zero attached hydrogens (tertiary/aromatic N) is 1. The second kappa shape index (κ2) is 5.87. The molecule has 0 aliphatic carbocycles. The van der Waals surface area contributed by atoms with Crippen LogP contribution in [0.4, 0.5) is 5.69 Å². The van der Waals surface area contributed by atoms with Crippen molar-refractivity contribution >= 4 is 17.0 Å². The van der Waals surface area contributed by atoms with Crippen molar-refractivity contribution in [2.24, 2.45) is 0 Å². The Morgan fingerprint density at radius 2 is 2.00 bits per heavy atom. The number of aryl methyl sites for hydroxylation is 1. The molecule has 0 saturated carbocycles. The molecule has 1 aromatic heterocycles. The van der Waals surface area contributed by atoms with Crippen LogP contribution in [0.2, 0.25) is 0 Å². The van der Waals surface area contributed by atoms with Crippen molar-refractivity contribution in [3.63, 3.8) is 0 Å². The molecule has 1 N–H and O–H groups in total. The molecule has 0 unspecified atom stereocenters. The summed E-state index contributed by atoms with van der Waals surface area (Å²) in [5.74, 6) is 0.903. The Labute approximate surface area is 112 Å². The lowest BCUT2D eigenvalue weighted by molar-refractivity contribution is 0.242. The molecule has 0 aliphatic heterocycles. The molecular weight excluding hydrogens is 244 g/mol. The van der Waals surface area contributed by atoms with Crippen LogP contribution in [0.25, 0.3) is 0 Å². The summed E-state index contributed by atoms with van der Waals surface area (Å²) in [4.78, 5) is 4.41. The van der Waals surface area contributed by atoms with Gasteiger partial charge in [0.15, 0.2) is 0 Å². The highest BCUT2D eigenvalue weighted by Crippen LogP contribution is 2.18. The van der Waals surface area contributed by atoms with Gasteiger partial charge in [-0.15, -0.1) is 11.3 Å². The van der Waals surface area contributed by atoms with Gasteiger partial charge in [-0.25, -0.2) is 4.98 Å². The van der Waals surface area contributed by atoms with Crippen molar-refractivity contribution in [1.29, 1.82) is 0 Å². The molecule has 0 radical (unpaired) electrons. The zero-order valence-corrected chi connectivity index (χ0v) is 11.8. The van der Waals surface area contributed by atoms with Gasteiger partial charge in [0.05, 0.1) is 12.6 Å². The third-order valence-corrected chi connectivity index (χ3v) is 3.30. The van der Waals surface area contributed by atoms with E-state index in [2.05, 4.69) is 15.7 Å². The second-order valence-electron chi connectivity index (χ2n) is 4.43. The predicted octanol–water partition coefficient (Wildman–Crippen LogP) is 3.85. The average Bonchev–Trinajstić information content (AvgIpc) is 2.74. The van der Waals surface area contributed by atoms with Crippen LogP contribution in [0.1, 0.15) is 24.5 Å². The van der Waals surface area contributed by atoms with Gasteiger partial charge in [0.2, 0.25) is 0 Å². The van der Waals surface area contributed by atoms with Crippen molar-refractivity contribution < 1.29 is 4.74 Å². The monoisotopic (exact) mass is 262 g/mol. The van der Waals surface area contributed by atoms with Crippen LogP contribution in [0.15, 0.2) is 29.6 Å². The zero-order valence-electron chi connectivity index (χ0n) is 10.9. The first-order valence-corrected chi connectivity index (χ1v) is 6.93. The minimum absolute atomic E-state index is 0.210. The quantitative estimate of drug-likeness (QED) is 0.888. The summed E-state index contributed by atoms with van der Waals surface area (Å²) in [6.07, 6.45) is 0.210. The molecule has 96 valence electrons. The van der Waals surface area contributed by atoms with Crippen LogP contribution in [-0.2, 0) is 6.54 Å². The van der Waals surface area contributed by atoms with E-state index in [1.165, 1.54) is 0 Å². The highest BCUT2D eigenvalue weighted by Gasteiger charge is 2.00. The van der Waals surface area contributed by atoms with Gasteiger partial charge in [0.25, 0.3) is 0 Å². The van der Waals surface area contributed by atoms with Gasteiger partial charge in [-0.1, -0.05) is 0 Å². The standard InChI is InChI=1S/C14H18N2OS/c1-10(2)17-13-6-4-12(5-7-13)15-8-14-16-11(3)9-18-14/h4-7,9-10,15H,8H2,1-3H3. The van der Waals surface area contributed by atoms with Gasteiger partial charge in [-0.3, -0.25) is 0 Å². The van der Waals surface area contributed by atoms with Crippen molar-refractivity contribution in [3.05, 3.63) is 40.3 Å². The van der Waals surface area contributed by atoms with Crippen LogP contribution in [0.5, 0.6) is 5.75 Å². The fraction of sp³-hybridized carbons (Fsp3) is 0.357. The van der Waals surface area contributed by atoms with Gasteiger partial charge >= 0.3 is 0 Å². The van der Waals surface area contributed by atoms with E-state index in [-0.39, 0.29) is 6.10 Å². The Hall–Kier alpha value is -1.55. The normalized spacial score (nSPS) is 10.7. The third kappa shape index (κ3) is 3.74. The number of hydrogen-bond donors (Lipinski definition) is 1. The third-order valence-electron chi connectivity index (χ3n) is 2.34. The van der Waals surface area contributed by atoms with Crippen molar-refractivity contribution in [2.75, 3.05) is 5.32 Å². The number of rotatable bonds is 5. The summed E-state index contributed by atoms with van der Waals surface area (Å²) in [5.41, 5.74) is 2.16. The molecule has 3 nitrogen and oxygen atoms in total. The molecule has 0 bridgehead atoms. The van der Waals surface area contributed by atoms with Crippen molar-refractivity contribution in [2.45, 2.75) is 33.4 Å². The Kier molecular flexibility index (Phi) is 4.20. The number of aromatic nitrogens is 1. The lowest BCUT2D eigenvalue weighted by Crippen LogP contribution is -2.05. The van der Waals surface area contributed by atoms with E-state index in [4.69, 9.17) is 4.74 Å². The van der Waals surface area contributed by atoms with Gasteiger partial charge < -0.3 is 10.1 Å². The first-order valence-electron chi connectivity index (χ1n) is 6.05. The molecule has 0 amide bonds. The fourth-order valence-corrected chi connectivity index (χ4v) is 2.30.